The fourth-order valence-electron chi connectivity index (χ4n) is 6.06. The number of phosphoric acid groups is 1. The zero-order chi connectivity index (χ0) is 35.5. The van der Waals surface area contributed by atoms with Gasteiger partial charge in [0, 0.05) is 51.9 Å². The first kappa shape index (κ1) is 42.6. The zero-order valence-corrected chi connectivity index (χ0v) is 33.7. The number of carbonyl (C=O) groups excluding carboxylic acids is 3. The third kappa shape index (κ3) is 10.4. The van der Waals surface area contributed by atoms with Gasteiger partial charge in [0.15, 0.2) is 11.6 Å². The van der Waals surface area contributed by atoms with Crippen molar-refractivity contribution in [1.29, 1.82) is 0 Å². The zero-order valence-electron chi connectivity index (χ0n) is 28.8. The van der Waals surface area contributed by atoms with Gasteiger partial charge in [-0.05, 0) is 34.9 Å². The molecule has 1 N–H and O–H groups in total. The van der Waals surface area contributed by atoms with Gasteiger partial charge in [0.1, 0.15) is 25.8 Å². The molecular formula is C33H35F2N6Na2O7P. The number of carbonyl (C=O) groups is 3. The number of nitrogens with zero attached hydrogens (tertiary/aromatic N) is 5. The molecule has 18 heteroatoms. The van der Waals surface area contributed by atoms with E-state index in [1.54, 1.807) is 25.1 Å². The van der Waals surface area contributed by atoms with Crippen molar-refractivity contribution < 1.29 is 101 Å². The molecule has 2 aliphatic rings. The number of nitrogens with one attached hydrogen (secondary N) is 1. The number of piperazine rings is 1. The Morgan fingerprint density at radius 2 is 1.69 bits per heavy atom. The first-order valence-corrected chi connectivity index (χ1v) is 16.7. The van der Waals surface area contributed by atoms with Crippen LogP contribution >= 0.6 is 7.82 Å². The molecule has 2 aliphatic heterocycles. The average molecular weight is 743 g/mol. The van der Waals surface area contributed by atoms with Gasteiger partial charge in [-0.3, -0.25) is 9.59 Å². The van der Waals surface area contributed by atoms with Crippen LogP contribution in [0.2, 0.25) is 0 Å². The number of benzene rings is 3. The van der Waals surface area contributed by atoms with Crippen molar-refractivity contribution in [1.82, 2.24) is 25.1 Å². The Morgan fingerprint density at radius 1 is 1.04 bits per heavy atom. The Hall–Kier alpha value is -2.82. The quantitative estimate of drug-likeness (QED) is 0.118. The topological polar surface area (TPSA) is 152 Å². The second-order valence-electron chi connectivity index (χ2n) is 11.8. The van der Waals surface area contributed by atoms with E-state index in [1.807, 2.05) is 30.3 Å². The first-order valence-electron chi connectivity index (χ1n) is 15.3. The summed E-state index contributed by atoms with van der Waals surface area (Å²) in [7, 11) is -2.01. The van der Waals surface area contributed by atoms with Gasteiger partial charge in [0.25, 0.3) is 0 Å². The molecule has 0 unspecified atom stereocenters. The number of phosphoric ester groups is 1. The third-order valence-electron chi connectivity index (χ3n) is 8.20. The Balaban J connectivity index is 0.00000351. The molecule has 2 fully saturated rings. The minimum atomic E-state index is -5.31. The number of urea groups is 1. The summed E-state index contributed by atoms with van der Waals surface area (Å²) >= 11 is 0. The summed E-state index contributed by atoms with van der Waals surface area (Å²) in [6, 6.07) is 15.0. The smallest absolute Gasteiger partial charge is 0.780 e. The van der Waals surface area contributed by atoms with Crippen LogP contribution in [0.25, 0.3) is 0 Å². The molecule has 260 valence electrons. The van der Waals surface area contributed by atoms with E-state index in [4.69, 9.17) is 0 Å². The summed E-state index contributed by atoms with van der Waals surface area (Å²) in [5.41, 5.74) is 1.96. The molecule has 13 nitrogen and oxygen atoms in total. The third-order valence-corrected chi connectivity index (χ3v) is 8.63. The molecule has 3 aromatic carbocycles. The number of anilines is 1. The molecule has 0 bridgehead atoms. The van der Waals surface area contributed by atoms with E-state index in [2.05, 4.69) is 16.4 Å². The van der Waals surface area contributed by atoms with E-state index in [0.29, 0.717) is 16.8 Å². The molecule has 0 aromatic heterocycles. The summed E-state index contributed by atoms with van der Waals surface area (Å²) in [5.74, 6) is -3.32. The van der Waals surface area contributed by atoms with Gasteiger partial charge in [-0.15, -0.1) is 6.58 Å². The van der Waals surface area contributed by atoms with Gasteiger partial charge in [-0.25, -0.2) is 23.6 Å². The Kier molecular flexibility index (Phi) is 15.3. The van der Waals surface area contributed by atoms with Gasteiger partial charge in [0.05, 0.1) is 13.1 Å². The number of amides is 4. The van der Waals surface area contributed by atoms with Gasteiger partial charge >= 0.3 is 65.1 Å². The van der Waals surface area contributed by atoms with Crippen LogP contribution in [0.4, 0.5) is 19.3 Å². The van der Waals surface area contributed by atoms with Crippen LogP contribution < -0.4 is 83.6 Å². The fraction of sp³-hybridized carbons (Fsp3) is 0.303. The summed E-state index contributed by atoms with van der Waals surface area (Å²) in [6.07, 6.45) is 0.464. The number of rotatable bonds is 11. The van der Waals surface area contributed by atoms with Crippen molar-refractivity contribution >= 4 is 31.4 Å². The standard InChI is InChI=1S/C33H37F2N6O7P.2Na/c1-4-14-39-21-31(42)40-29(15-22-10-12-25(13-11-22)48-49(45,46)47)32(43)38(19-24-16-26(34)27(35)17-28(24)37(2)3)20-30(40)41(39)33(44)36-18-23-8-6-5-7-9-23;;/h4-13,16-17,29-30H,1,14-15,18-21H2,2-3H3,(H,36,44)(H2,45,46,47);;/q;2*+1/p-2/t29-,30+;;/m1../s1. The van der Waals surface area contributed by atoms with Crippen LogP contribution in [0.15, 0.2) is 79.4 Å². The molecule has 2 heterocycles. The minimum Gasteiger partial charge on any atom is -0.780 e. The maximum Gasteiger partial charge on any atom is 1.00 e. The van der Waals surface area contributed by atoms with Crippen LogP contribution in [0.1, 0.15) is 16.7 Å². The largest absolute Gasteiger partial charge is 1.00 e. The van der Waals surface area contributed by atoms with Crippen LogP contribution in [0.3, 0.4) is 0 Å². The molecule has 5 rings (SSSR count). The molecule has 2 atom stereocenters. The van der Waals surface area contributed by atoms with Crippen LogP contribution in [0, 0.1) is 11.6 Å². The van der Waals surface area contributed by atoms with Crippen molar-refractivity contribution in [2.75, 3.05) is 38.6 Å². The molecule has 0 saturated carbocycles. The Labute approximate surface area is 339 Å². The first-order chi connectivity index (χ1) is 23.3. The number of hydrazine groups is 1. The average Bonchev–Trinajstić information content (AvgIpc) is 3.04. The molecule has 0 radical (unpaired) electrons. The second-order valence-corrected chi connectivity index (χ2v) is 12.9. The maximum absolute atomic E-state index is 14.5. The normalized spacial score (nSPS) is 17.6. The van der Waals surface area contributed by atoms with E-state index in [9.17, 15) is 37.5 Å². The molecular weight excluding hydrogens is 707 g/mol. The predicted octanol–water partition coefficient (Wildman–Crippen LogP) is -4.02. The molecule has 4 amide bonds. The van der Waals surface area contributed by atoms with Crippen molar-refractivity contribution in [3.63, 3.8) is 0 Å². The van der Waals surface area contributed by atoms with Crippen LogP contribution in [-0.2, 0) is 33.7 Å². The minimum absolute atomic E-state index is 0. The fourth-order valence-corrected chi connectivity index (χ4v) is 6.44. The van der Waals surface area contributed by atoms with E-state index in [1.165, 1.54) is 44.1 Å². The van der Waals surface area contributed by atoms with Gasteiger partial charge in [0.2, 0.25) is 11.8 Å². The Morgan fingerprint density at radius 3 is 2.29 bits per heavy atom. The summed E-state index contributed by atoms with van der Waals surface area (Å²) in [6.45, 7) is 3.51. The predicted molar refractivity (Wildman–Crippen MR) is 171 cm³/mol. The van der Waals surface area contributed by atoms with Crippen molar-refractivity contribution in [3.05, 3.63) is 108 Å². The van der Waals surface area contributed by atoms with E-state index in [-0.39, 0.29) is 104 Å². The maximum atomic E-state index is 14.5. The van der Waals surface area contributed by atoms with Crippen molar-refractivity contribution in [3.8, 4) is 5.75 Å². The van der Waals surface area contributed by atoms with E-state index in [0.717, 1.165) is 17.7 Å². The molecule has 2 saturated heterocycles. The van der Waals surface area contributed by atoms with Crippen molar-refractivity contribution in [2.45, 2.75) is 31.7 Å². The van der Waals surface area contributed by atoms with Crippen LogP contribution in [-0.4, -0.2) is 83.6 Å². The van der Waals surface area contributed by atoms with E-state index < -0.39 is 49.5 Å². The summed E-state index contributed by atoms with van der Waals surface area (Å²) < 4.78 is 44.3. The number of fused-ring (bicyclic) bond motifs is 1. The SMILES string of the molecule is C=CCN1CC(=O)N2[C@H](Cc3ccc(OP(=O)([O-])[O-])cc3)C(=O)N(Cc3cc(F)c(F)cc3N(C)C)C[C@@H]2N1C(=O)NCc1ccccc1.[Na+].[Na+]. The number of halogens is 2. The summed E-state index contributed by atoms with van der Waals surface area (Å²) in [5, 5.41) is 5.80. The number of hydrogen-bond donors (Lipinski definition) is 1. The summed E-state index contributed by atoms with van der Waals surface area (Å²) in [4.78, 5) is 68.5. The van der Waals surface area contributed by atoms with Crippen molar-refractivity contribution in [2.24, 2.45) is 0 Å². The molecule has 51 heavy (non-hydrogen) atoms. The van der Waals surface area contributed by atoms with Gasteiger partial charge in [-0.2, -0.15) is 0 Å². The Bertz CT molecular complexity index is 1770. The molecule has 3 aromatic rings. The second kappa shape index (κ2) is 18.3. The molecule has 0 aliphatic carbocycles. The van der Waals surface area contributed by atoms with E-state index >= 15 is 0 Å². The molecule has 0 spiro atoms. The van der Waals surface area contributed by atoms with Gasteiger partial charge < -0.3 is 38.9 Å². The van der Waals surface area contributed by atoms with Crippen LogP contribution in [0.5, 0.6) is 5.75 Å². The van der Waals surface area contributed by atoms with Gasteiger partial charge in [-0.1, -0.05) is 48.5 Å². The number of hydrogen-bond acceptors (Lipinski definition) is 9. The monoisotopic (exact) mass is 742 g/mol.